The molecule has 2 heterocycles. The molecule has 1 aliphatic heterocycles. The molecule has 2 aromatic carbocycles. The number of carbonyl (C=O) groups excluding carboxylic acids is 2. The van der Waals surface area contributed by atoms with Crippen molar-refractivity contribution < 1.29 is 28.2 Å². The minimum absolute atomic E-state index is 0.0171. The molecule has 30 heavy (non-hydrogen) atoms. The molecule has 0 aliphatic carbocycles. The number of ether oxygens (including phenoxy) is 3. The maximum Gasteiger partial charge on any atom is 0.272 e. The molecule has 4 rings (SSSR count). The summed E-state index contributed by atoms with van der Waals surface area (Å²) in [6.07, 6.45) is 2.92. The fraction of sp³-hybridized carbons (Fsp3) is 0.0909. The molecule has 2 N–H and O–H groups in total. The zero-order valence-electron chi connectivity index (χ0n) is 16.0. The van der Waals surface area contributed by atoms with Crippen LogP contribution in [-0.2, 0) is 4.79 Å². The summed E-state index contributed by atoms with van der Waals surface area (Å²) in [7, 11) is 1.54. The highest BCUT2D eigenvalue weighted by Crippen LogP contribution is 2.34. The maximum atomic E-state index is 12.9. The average molecular weight is 406 g/mol. The van der Waals surface area contributed by atoms with Crippen molar-refractivity contribution in [1.82, 2.24) is 5.32 Å². The first-order valence-corrected chi connectivity index (χ1v) is 9.04. The van der Waals surface area contributed by atoms with E-state index >= 15 is 0 Å². The molecular weight excluding hydrogens is 388 g/mol. The summed E-state index contributed by atoms with van der Waals surface area (Å²) in [5, 5.41) is 5.37. The van der Waals surface area contributed by atoms with Crippen LogP contribution in [0, 0.1) is 0 Å². The summed E-state index contributed by atoms with van der Waals surface area (Å²) in [6.45, 7) is 0.133. The maximum absolute atomic E-state index is 12.9. The number of fused-ring (bicyclic) bond motifs is 1. The molecule has 0 fully saturated rings. The van der Waals surface area contributed by atoms with Gasteiger partial charge in [-0.25, -0.2) is 0 Å². The molecule has 8 heteroatoms. The Morgan fingerprint density at radius 1 is 1.03 bits per heavy atom. The van der Waals surface area contributed by atoms with E-state index < -0.39 is 11.8 Å². The van der Waals surface area contributed by atoms with Crippen LogP contribution in [0.3, 0.4) is 0 Å². The van der Waals surface area contributed by atoms with Crippen LogP contribution in [0.15, 0.2) is 71.0 Å². The van der Waals surface area contributed by atoms with Gasteiger partial charge in [0.15, 0.2) is 11.5 Å². The molecule has 8 nitrogen and oxygen atoms in total. The minimum atomic E-state index is -0.521. The second kappa shape index (κ2) is 8.44. The first-order valence-electron chi connectivity index (χ1n) is 9.04. The quantitative estimate of drug-likeness (QED) is 0.609. The smallest absolute Gasteiger partial charge is 0.272 e. The molecule has 3 aromatic rings. The number of anilines is 1. The number of rotatable bonds is 6. The largest absolute Gasteiger partial charge is 0.497 e. The van der Waals surface area contributed by atoms with E-state index in [9.17, 15) is 9.59 Å². The van der Waals surface area contributed by atoms with Gasteiger partial charge in [-0.05, 0) is 48.5 Å². The van der Waals surface area contributed by atoms with Gasteiger partial charge in [0.25, 0.3) is 11.8 Å². The van der Waals surface area contributed by atoms with Crippen molar-refractivity contribution in [3.63, 3.8) is 0 Å². The number of methoxy groups -OCH3 is 1. The Bertz CT molecular complexity index is 1090. The fourth-order valence-electron chi connectivity index (χ4n) is 2.78. The van der Waals surface area contributed by atoms with E-state index in [0.717, 1.165) is 0 Å². The SMILES string of the molecule is COc1ccc(C(=O)N/C(=C\c2ccco2)C(=O)Nc2ccc3c(c2)OCO3)cc1. The number of hydrogen-bond donors (Lipinski definition) is 2. The third kappa shape index (κ3) is 4.27. The molecule has 1 aliphatic rings. The first-order chi connectivity index (χ1) is 14.6. The van der Waals surface area contributed by atoms with Crippen LogP contribution in [0.1, 0.15) is 16.1 Å². The van der Waals surface area contributed by atoms with Crippen molar-refractivity contribution in [2.75, 3.05) is 19.2 Å². The Kier molecular flexibility index (Phi) is 5.38. The molecule has 0 bridgehead atoms. The van der Waals surface area contributed by atoms with Gasteiger partial charge >= 0.3 is 0 Å². The Morgan fingerprint density at radius 2 is 1.83 bits per heavy atom. The summed E-state index contributed by atoms with van der Waals surface area (Å²) in [5.41, 5.74) is 0.883. The molecule has 1 aromatic heterocycles. The average Bonchev–Trinajstić information content (AvgIpc) is 3.44. The fourth-order valence-corrected chi connectivity index (χ4v) is 2.78. The Labute approximate surface area is 172 Å². The van der Waals surface area contributed by atoms with Crippen molar-refractivity contribution in [3.8, 4) is 17.2 Å². The predicted molar refractivity (Wildman–Crippen MR) is 108 cm³/mol. The standard InChI is InChI=1S/C22H18N2O6/c1-27-16-7-4-14(5-8-16)21(25)24-18(12-17-3-2-10-28-17)22(26)23-15-6-9-19-20(11-15)30-13-29-19/h2-12H,13H2,1H3,(H,23,26)(H,24,25)/b18-12-. The topological polar surface area (TPSA) is 99.0 Å². The van der Waals surface area contributed by atoms with E-state index in [1.165, 1.54) is 12.3 Å². The number of furan rings is 1. The number of hydrogen-bond acceptors (Lipinski definition) is 6. The van der Waals surface area contributed by atoms with Crippen LogP contribution in [0.4, 0.5) is 5.69 Å². The van der Waals surface area contributed by atoms with Gasteiger partial charge in [0.1, 0.15) is 17.2 Å². The first kappa shape index (κ1) is 19.1. The van der Waals surface area contributed by atoms with Crippen molar-refractivity contribution in [3.05, 3.63) is 77.9 Å². The van der Waals surface area contributed by atoms with Gasteiger partial charge < -0.3 is 29.3 Å². The zero-order chi connectivity index (χ0) is 20.9. The van der Waals surface area contributed by atoms with Crippen LogP contribution < -0.4 is 24.8 Å². The summed E-state index contributed by atoms with van der Waals surface area (Å²) >= 11 is 0. The number of carbonyl (C=O) groups is 2. The predicted octanol–water partition coefficient (Wildman–Crippen LogP) is 3.43. The highest BCUT2D eigenvalue weighted by Gasteiger charge is 2.18. The van der Waals surface area contributed by atoms with E-state index in [2.05, 4.69) is 10.6 Å². The van der Waals surface area contributed by atoms with Gasteiger partial charge in [-0.15, -0.1) is 0 Å². The lowest BCUT2D eigenvalue weighted by molar-refractivity contribution is -0.113. The monoisotopic (exact) mass is 406 g/mol. The zero-order valence-corrected chi connectivity index (χ0v) is 16.0. The van der Waals surface area contributed by atoms with Crippen LogP contribution in [0.5, 0.6) is 17.2 Å². The van der Waals surface area contributed by atoms with Gasteiger partial charge in [-0.3, -0.25) is 9.59 Å². The Hall–Kier alpha value is -4.20. The van der Waals surface area contributed by atoms with Gasteiger partial charge in [0.2, 0.25) is 6.79 Å². The van der Waals surface area contributed by atoms with Crippen LogP contribution in [0.25, 0.3) is 6.08 Å². The molecule has 0 saturated carbocycles. The summed E-state index contributed by atoms with van der Waals surface area (Å²) in [6, 6.07) is 14.9. The molecule has 0 spiro atoms. The number of benzene rings is 2. The highest BCUT2D eigenvalue weighted by molar-refractivity contribution is 6.10. The molecule has 152 valence electrons. The van der Waals surface area contributed by atoms with Crippen molar-refractivity contribution >= 4 is 23.6 Å². The molecule has 0 unspecified atom stereocenters. The lowest BCUT2D eigenvalue weighted by atomic mass is 10.2. The van der Waals surface area contributed by atoms with E-state index in [-0.39, 0.29) is 12.5 Å². The molecule has 0 atom stereocenters. The third-order valence-electron chi connectivity index (χ3n) is 4.31. The van der Waals surface area contributed by atoms with Crippen molar-refractivity contribution in [2.24, 2.45) is 0 Å². The summed E-state index contributed by atoms with van der Waals surface area (Å²) in [4.78, 5) is 25.5. The van der Waals surface area contributed by atoms with Gasteiger partial charge in [0, 0.05) is 23.4 Å². The van der Waals surface area contributed by atoms with E-state index in [1.807, 2.05) is 0 Å². The lowest BCUT2D eigenvalue weighted by Crippen LogP contribution is -2.30. The second-order valence-corrected chi connectivity index (χ2v) is 6.28. The van der Waals surface area contributed by atoms with Crippen LogP contribution in [0.2, 0.25) is 0 Å². The molecule has 0 radical (unpaired) electrons. The summed E-state index contributed by atoms with van der Waals surface area (Å²) < 4.78 is 21.0. The van der Waals surface area contributed by atoms with E-state index in [1.54, 1.807) is 61.7 Å². The van der Waals surface area contributed by atoms with E-state index in [4.69, 9.17) is 18.6 Å². The van der Waals surface area contributed by atoms with Gasteiger partial charge in [-0.2, -0.15) is 0 Å². The number of nitrogens with one attached hydrogen (secondary N) is 2. The van der Waals surface area contributed by atoms with Crippen molar-refractivity contribution in [2.45, 2.75) is 0 Å². The van der Waals surface area contributed by atoms with E-state index in [0.29, 0.717) is 34.3 Å². The van der Waals surface area contributed by atoms with Crippen LogP contribution in [-0.4, -0.2) is 25.7 Å². The van der Waals surface area contributed by atoms with Crippen LogP contribution >= 0.6 is 0 Å². The highest BCUT2D eigenvalue weighted by atomic mass is 16.7. The molecule has 0 saturated heterocycles. The molecule has 2 amide bonds. The molecular formula is C22H18N2O6. The minimum Gasteiger partial charge on any atom is -0.497 e. The third-order valence-corrected chi connectivity index (χ3v) is 4.31. The second-order valence-electron chi connectivity index (χ2n) is 6.28. The lowest BCUT2D eigenvalue weighted by Gasteiger charge is -2.11. The Morgan fingerprint density at radius 3 is 2.57 bits per heavy atom. The van der Waals surface area contributed by atoms with Gasteiger partial charge in [0.05, 0.1) is 13.4 Å². The Balaban J connectivity index is 1.54. The van der Waals surface area contributed by atoms with Gasteiger partial charge in [-0.1, -0.05) is 0 Å². The van der Waals surface area contributed by atoms with Crippen molar-refractivity contribution in [1.29, 1.82) is 0 Å². The normalized spacial score (nSPS) is 12.4. The summed E-state index contributed by atoms with van der Waals surface area (Å²) in [5.74, 6) is 1.21. The number of amides is 2.